The average Bonchev–Trinajstić information content (AvgIpc) is 2.56. The van der Waals surface area contributed by atoms with Gasteiger partial charge in [-0.05, 0) is 12.8 Å². The molecule has 2 aliphatic rings. The number of hydrogen-bond donors (Lipinski definition) is 0. The van der Waals surface area contributed by atoms with Gasteiger partial charge in [0.2, 0.25) is 0 Å². The van der Waals surface area contributed by atoms with Gasteiger partial charge >= 0.3 is 0 Å². The third-order valence-corrected chi connectivity index (χ3v) is 2.97. The summed E-state index contributed by atoms with van der Waals surface area (Å²) >= 11 is 0. The van der Waals surface area contributed by atoms with Crippen molar-refractivity contribution in [3.05, 3.63) is 0 Å². The van der Waals surface area contributed by atoms with Crippen molar-refractivity contribution >= 4 is 5.78 Å². The Morgan fingerprint density at radius 1 is 1.46 bits per heavy atom. The molecular formula is C9H13F2NO. The topological polar surface area (TPSA) is 20.3 Å². The van der Waals surface area contributed by atoms with Gasteiger partial charge in [-0.2, -0.15) is 0 Å². The highest BCUT2D eigenvalue weighted by atomic mass is 19.3. The van der Waals surface area contributed by atoms with Crippen LogP contribution in [0.25, 0.3) is 0 Å². The predicted octanol–water partition coefficient (Wildman–Crippen LogP) is 1.45. The molecule has 1 aliphatic heterocycles. The van der Waals surface area contributed by atoms with E-state index in [4.69, 9.17) is 0 Å². The fourth-order valence-corrected chi connectivity index (χ4v) is 2.28. The number of alkyl halides is 2. The number of hydrogen-bond acceptors (Lipinski definition) is 2. The van der Waals surface area contributed by atoms with Crippen molar-refractivity contribution in [1.82, 2.24) is 4.90 Å². The Bertz CT molecular complexity index is 230. The second kappa shape index (κ2) is 3.01. The molecule has 0 aromatic carbocycles. The number of Topliss-reactive ketones (excluding diaryl/α,β-unsaturated/α-hetero) is 1. The minimum atomic E-state index is -2.56. The zero-order chi connectivity index (χ0) is 9.47. The van der Waals surface area contributed by atoms with Crippen molar-refractivity contribution in [1.29, 1.82) is 0 Å². The lowest BCUT2D eigenvalue weighted by molar-refractivity contribution is -0.117. The van der Waals surface area contributed by atoms with Crippen molar-refractivity contribution in [2.75, 3.05) is 13.1 Å². The number of ketones is 1. The minimum Gasteiger partial charge on any atom is -0.298 e. The number of carbonyl (C=O) groups excluding carboxylic acids is 1. The van der Waals surface area contributed by atoms with Gasteiger partial charge in [-0.25, -0.2) is 8.78 Å². The molecule has 2 fully saturated rings. The lowest BCUT2D eigenvalue weighted by Gasteiger charge is -2.27. The Labute approximate surface area is 75.9 Å². The molecule has 1 heterocycles. The third-order valence-electron chi connectivity index (χ3n) is 2.97. The van der Waals surface area contributed by atoms with Gasteiger partial charge in [-0.3, -0.25) is 9.69 Å². The molecular weight excluding hydrogens is 176 g/mol. The van der Waals surface area contributed by atoms with Crippen LogP contribution in [0.2, 0.25) is 0 Å². The van der Waals surface area contributed by atoms with Crippen LogP contribution in [0.1, 0.15) is 25.7 Å². The summed E-state index contributed by atoms with van der Waals surface area (Å²) in [5.74, 6) is -2.47. The van der Waals surface area contributed by atoms with Crippen LogP contribution in [-0.2, 0) is 4.79 Å². The van der Waals surface area contributed by atoms with Crippen molar-refractivity contribution in [2.45, 2.75) is 37.6 Å². The molecule has 13 heavy (non-hydrogen) atoms. The molecule has 1 aliphatic carbocycles. The van der Waals surface area contributed by atoms with E-state index in [1.165, 1.54) is 0 Å². The van der Waals surface area contributed by atoms with Crippen LogP contribution in [0.4, 0.5) is 8.78 Å². The number of carbonyl (C=O) groups is 1. The van der Waals surface area contributed by atoms with Gasteiger partial charge in [0.25, 0.3) is 5.92 Å². The van der Waals surface area contributed by atoms with Crippen LogP contribution in [0.15, 0.2) is 0 Å². The first kappa shape index (κ1) is 9.06. The van der Waals surface area contributed by atoms with Gasteiger partial charge in [0.05, 0.1) is 12.6 Å². The highest BCUT2D eigenvalue weighted by Crippen LogP contribution is 2.39. The van der Waals surface area contributed by atoms with Crippen molar-refractivity contribution < 1.29 is 13.6 Å². The van der Waals surface area contributed by atoms with Gasteiger partial charge in [0.15, 0.2) is 0 Å². The Balaban J connectivity index is 2.04. The van der Waals surface area contributed by atoms with E-state index in [9.17, 15) is 13.6 Å². The minimum absolute atomic E-state index is 0.0116. The van der Waals surface area contributed by atoms with E-state index in [0.717, 1.165) is 0 Å². The van der Waals surface area contributed by atoms with Crippen molar-refractivity contribution in [2.24, 2.45) is 0 Å². The summed E-state index contributed by atoms with van der Waals surface area (Å²) < 4.78 is 26.5. The summed E-state index contributed by atoms with van der Waals surface area (Å²) in [7, 11) is 0. The molecule has 1 saturated carbocycles. The van der Waals surface area contributed by atoms with E-state index in [2.05, 4.69) is 0 Å². The van der Waals surface area contributed by atoms with E-state index in [1.807, 2.05) is 0 Å². The van der Waals surface area contributed by atoms with E-state index in [-0.39, 0.29) is 18.7 Å². The number of rotatable bonds is 1. The standard InChI is InChI=1S/C9H13F2NO/c10-9(11)4-1-2-8(9)12-5-3-7(13)6-12/h8H,1-6H2. The van der Waals surface area contributed by atoms with E-state index < -0.39 is 12.0 Å². The monoisotopic (exact) mass is 189 g/mol. The summed E-state index contributed by atoms with van der Waals surface area (Å²) in [6.45, 7) is 0.763. The normalized spacial score (nSPS) is 34.3. The second-order valence-corrected chi connectivity index (χ2v) is 3.93. The summed E-state index contributed by atoms with van der Waals surface area (Å²) in [6, 6.07) is -0.668. The maximum atomic E-state index is 13.2. The zero-order valence-corrected chi connectivity index (χ0v) is 7.43. The van der Waals surface area contributed by atoms with E-state index in [0.29, 0.717) is 25.8 Å². The maximum absolute atomic E-state index is 13.2. The van der Waals surface area contributed by atoms with Crippen LogP contribution in [-0.4, -0.2) is 35.7 Å². The molecule has 0 N–H and O–H groups in total. The van der Waals surface area contributed by atoms with Gasteiger partial charge in [-0.15, -0.1) is 0 Å². The molecule has 1 atom stereocenters. The fourth-order valence-electron chi connectivity index (χ4n) is 2.28. The summed E-state index contributed by atoms with van der Waals surface area (Å²) in [6.07, 6.45) is 1.57. The summed E-state index contributed by atoms with van der Waals surface area (Å²) in [5, 5.41) is 0. The molecule has 1 unspecified atom stereocenters. The SMILES string of the molecule is O=C1CCN(C2CCCC2(F)F)C1. The molecule has 1 saturated heterocycles. The fraction of sp³-hybridized carbons (Fsp3) is 0.889. The molecule has 0 amide bonds. The highest BCUT2D eigenvalue weighted by Gasteiger charge is 2.48. The molecule has 0 aromatic rings. The Morgan fingerprint density at radius 3 is 2.69 bits per heavy atom. The molecule has 0 radical (unpaired) electrons. The van der Waals surface area contributed by atoms with Gasteiger partial charge in [-0.1, -0.05) is 0 Å². The first-order valence-corrected chi connectivity index (χ1v) is 4.73. The number of halogens is 2. The lowest BCUT2D eigenvalue weighted by Crippen LogP contribution is -2.43. The smallest absolute Gasteiger partial charge is 0.263 e. The van der Waals surface area contributed by atoms with Crippen molar-refractivity contribution in [3.8, 4) is 0 Å². The predicted molar refractivity (Wildman–Crippen MR) is 43.8 cm³/mol. The average molecular weight is 189 g/mol. The van der Waals surface area contributed by atoms with Crippen LogP contribution >= 0.6 is 0 Å². The molecule has 0 bridgehead atoms. The highest BCUT2D eigenvalue weighted by molar-refractivity contribution is 5.82. The number of likely N-dealkylation sites (tertiary alicyclic amines) is 1. The van der Waals surface area contributed by atoms with Gasteiger partial charge in [0, 0.05) is 19.4 Å². The zero-order valence-electron chi connectivity index (χ0n) is 7.43. The Kier molecular flexibility index (Phi) is 2.10. The molecule has 0 aromatic heterocycles. The molecule has 0 spiro atoms. The van der Waals surface area contributed by atoms with Gasteiger partial charge < -0.3 is 0 Å². The Hall–Kier alpha value is -0.510. The molecule has 74 valence electrons. The summed E-state index contributed by atoms with van der Waals surface area (Å²) in [4.78, 5) is 12.6. The van der Waals surface area contributed by atoms with Crippen LogP contribution in [0, 0.1) is 0 Å². The quantitative estimate of drug-likeness (QED) is 0.622. The molecule has 2 nitrogen and oxygen atoms in total. The van der Waals surface area contributed by atoms with Crippen molar-refractivity contribution in [3.63, 3.8) is 0 Å². The second-order valence-electron chi connectivity index (χ2n) is 3.93. The third kappa shape index (κ3) is 1.59. The first-order chi connectivity index (χ1) is 6.09. The van der Waals surface area contributed by atoms with Gasteiger partial charge in [0.1, 0.15) is 5.78 Å². The Morgan fingerprint density at radius 2 is 2.23 bits per heavy atom. The molecule has 4 heteroatoms. The summed E-state index contributed by atoms with van der Waals surface area (Å²) in [5.41, 5.74) is 0. The van der Waals surface area contributed by atoms with Crippen LogP contribution < -0.4 is 0 Å². The lowest BCUT2D eigenvalue weighted by atomic mass is 10.2. The molecule has 2 rings (SSSR count). The van der Waals surface area contributed by atoms with E-state index >= 15 is 0 Å². The number of nitrogens with zero attached hydrogens (tertiary/aromatic N) is 1. The largest absolute Gasteiger partial charge is 0.298 e. The maximum Gasteiger partial charge on any atom is 0.263 e. The van der Waals surface area contributed by atoms with Crippen LogP contribution in [0.5, 0.6) is 0 Å². The van der Waals surface area contributed by atoms with E-state index in [1.54, 1.807) is 4.90 Å². The first-order valence-electron chi connectivity index (χ1n) is 4.73. The van der Waals surface area contributed by atoms with Crippen LogP contribution in [0.3, 0.4) is 0 Å².